The predicted molar refractivity (Wildman–Crippen MR) is 138 cm³/mol. The fraction of sp³-hybridized carbons (Fsp3) is 0.296. The molecule has 0 saturated carbocycles. The number of alkyl halides is 3. The van der Waals surface area contributed by atoms with Gasteiger partial charge in [-0.1, -0.05) is 11.6 Å². The highest BCUT2D eigenvalue weighted by molar-refractivity contribution is 6.30. The van der Waals surface area contributed by atoms with Crippen LogP contribution in [0.15, 0.2) is 59.5 Å². The molecule has 14 heteroatoms. The lowest BCUT2D eigenvalue weighted by Crippen LogP contribution is -2.45. The van der Waals surface area contributed by atoms with E-state index in [0.29, 0.717) is 9.59 Å². The zero-order valence-electron chi connectivity index (χ0n) is 21.5. The van der Waals surface area contributed by atoms with Gasteiger partial charge in [-0.2, -0.15) is 13.2 Å². The Kier molecular flexibility index (Phi) is 8.69. The molecule has 8 nitrogen and oxygen atoms in total. The van der Waals surface area contributed by atoms with Crippen LogP contribution >= 0.6 is 11.6 Å². The Morgan fingerprint density at radius 2 is 1.73 bits per heavy atom. The Morgan fingerprint density at radius 1 is 1.10 bits per heavy atom. The fourth-order valence-electron chi connectivity index (χ4n) is 4.59. The first-order valence-electron chi connectivity index (χ1n) is 12.1. The van der Waals surface area contributed by atoms with Crippen LogP contribution in [0.25, 0.3) is 0 Å². The smallest absolute Gasteiger partial charge is 0.416 e. The summed E-state index contributed by atoms with van der Waals surface area (Å²) < 4.78 is 80.2. The van der Waals surface area contributed by atoms with E-state index in [9.17, 15) is 27.6 Å². The van der Waals surface area contributed by atoms with Crippen LogP contribution in [0, 0.1) is 11.6 Å². The number of pyridine rings is 1. The number of hydrogen-bond acceptors (Lipinski definition) is 5. The van der Waals surface area contributed by atoms with Gasteiger partial charge in [-0.25, -0.2) is 8.78 Å². The minimum Gasteiger partial charge on any atom is -0.497 e. The molecule has 1 aromatic heterocycles. The average molecular weight is 600 g/mol. The first-order valence-corrected chi connectivity index (χ1v) is 12.4. The average Bonchev–Trinajstić information content (AvgIpc) is 3.22. The molecule has 1 saturated heterocycles. The first kappa shape index (κ1) is 30.0. The molecule has 4 rings (SSSR count). The lowest BCUT2D eigenvalue weighted by Gasteiger charge is -2.21. The van der Waals surface area contributed by atoms with Crippen molar-refractivity contribution in [2.45, 2.75) is 30.8 Å². The van der Waals surface area contributed by atoms with E-state index in [1.54, 1.807) is 0 Å². The quantitative estimate of drug-likeness (QED) is 0.390. The molecule has 2 aromatic carbocycles. The molecule has 3 aromatic rings. The number of ether oxygens (including phenoxy) is 2. The van der Waals surface area contributed by atoms with Crippen molar-refractivity contribution in [1.82, 2.24) is 9.88 Å². The van der Waals surface area contributed by atoms with Crippen LogP contribution < -0.4 is 20.5 Å². The molecular formula is C27H23ClF5N3O5. The molecule has 2 amide bonds. The Morgan fingerprint density at radius 3 is 2.29 bits per heavy atom. The van der Waals surface area contributed by atoms with Gasteiger partial charge in [0.05, 0.1) is 13.7 Å². The van der Waals surface area contributed by atoms with Gasteiger partial charge < -0.3 is 24.3 Å². The van der Waals surface area contributed by atoms with Crippen molar-refractivity contribution in [3.63, 3.8) is 0 Å². The second kappa shape index (κ2) is 11.9. The van der Waals surface area contributed by atoms with Gasteiger partial charge in [-0.15, -0.1) is 0 Å². The zero-order valence-corrected chi connectivity index (χ0v) is 22.3. The number of methoxy groups -OCH3 is 2. The number of aromatic nitrogens is 1. The molecule has 0 spiro atoms. The standard InChI is InChI=1S/C27H23ClF5N3O5/c1-40-16-10-18(29)22(19(30)11-16)17-12-36(26(39)23(17)34-24(37)14-5-7-15(28)8-6-14)20-4-3-9-35(25(20)38)13-21(41-2)27(31,32)33/h3-11,17,21,23H,12-13H2,1-2H3,(H,34,37)/t17-,21?,23-/m0/s1. The topological polar surface area (TPSA) is 89.9 Å². The molecule has 218 valence electrons. The summed E-state index contributed by atoms with van der Waals surface area (Å²) in [6.07, 6.45) is -6.00. The van der Waals surface area contributed by atoms with Crippen LogP contribution in [-0.4, -0.2) is 55.5 Å². The van der Waals surface area contributed by atoms with Crippen molar-refractivity contribution >= 4 is 29.1 Å². The Hall–Kier alpha value is -3.97. The van der Waals surface area contributed by atoms with E-state index in [1.165, 1.54) is 43.5 Å². The number of carbonyl (C=O) groups excluding carboxylic acids is 2. The summed E-state index contributed by atoms with van der Waals surface area (Å²) >= 11 is 5.86. The van der Waals surface area contributed by atoms with Crippen LogP contribution in [0.5, 0.6) is 5.75 Å². The highest BCUT2D eigenvalue weighted by atomic mass is 35.5. The van der Waals surface area contributed by atoms with Gasteiger partial charge in [0.1, 0.15) is 29.1 Å². The van der Waals surface area contributed by atoms with Gasteiger partial charge in [0.25, 0.3) is 11.5 Å². The van der Waals surface area contributed by atoms with Crippen molar-refractivity contribution in [2.75, 3.05) is 25.7 Å². The normalized spacial score (nSPS) is 18.0. The molecule has 41 heavy (non-hydrogen) atoms. The molecule has 1 aliphatic heterocycles. The number of nitrogens with zero attached hydrogens (tertiary/aromatic N) is 2. The van der Waals surface area contributed by atoms with Crippen molar-refractivity contribution in [2.24, 2.45) is 0 Å². The number of amides is 2. The fourth-order valence-corrected chi connectivity index (χ4v) is 4.72. The summed E-state index contributed by atoms with van der Waals surface area (Å²) in [7, 11) is 2.05. The minimum atomic E-state index is -4.78. The Labute approximate surface area is 235 Å². The number of hydrogen-bond donors (Lipinski definition) is 1. The molecule has 3 atom stereocenters. The molecule has 1 unspecified atom stereocenters. The van der Waals surface area contributed by atoms with E-state index in [4.69, 9.17) is 16.3 Å². The number of carbonyl (C=O) groups is 2. The van der Waals surface area contributed by atoms with E-state index in [-0.39, 0.29) is 17.0 Å². The highest BCUT2D eigenvalue weighted by Gasteiger charge is 2.46. The Bertz CT molecular complexity index is 1490. The van der Waals surface area contributed by atoms with Crippen molar-refractivity contribution < 1.29 is 41.0 Å². The monoisotopic (exact) mass is 599 g/mol. The van der Waals surface area contributed by atoms with Crippen LogP contribution in [0.4, 0.5) is 27.6 Å². The number of rotatable bonds is 8. The molecule has 0 aliphatic carbocycles. The van der Waals surface area contributed by atoms with E-state index >= 15 is 8.78 Å². The maximum atomic E-state index is 15.2. The van der Waals surface area contributed by atoms with E-state index in [2.05, 4.69) is 10.1 Å². The lowest BCUT2D eigenvalue weighted by atomic mass is 9.92. The third kappa shape index (κ3) is 6.20. The van der Waals surface area contributed by atoms with Crippen molar-refractivity contribution in [3.05, 3.63) is 92.9 Å². The molecular weight excluding hydrogens is 577 g/mol. The van der Waals surface area contributed by atoms with Gasteiger partial charge in [-0.3, -0.25) is 14.4 Å². The van der Waals surface area contributed by atoms with Crippen molar-refractivity contribution in [3.8, 4) is 5.75 Å². The summed E-state index contributed by atoms with van der Waals surface area (Å²) in [5, 5.41) is 2.82. The summed E-state index contributed by atoms with van der Waals surface area (Å²) in [6, 6.07) is 8.31. The predicted octanol–water partition coefficient (Wildman–Crippen LogP) is 4.29. The van der Waals surface area contributed by atoms with Crippen LogP contribution in [-0.2, 0) is 16.1 Å². The summed E-state index contributed by atoms with van der Waals surface area (Å²) in [6.45, 7) is -1.38. The number of benzene rings is 2. The minimum absolute atomic E-state index is 0.0925. The molecule has 0 radical (unpaired) electrons. The van der Waals surface area contributed by atoms with Crippen LogP contribution in [0.3, 0.4) is 0 Å². The van der Waals surface area contributed by atoms with Gasteiger partial charge in [0.2, 0.25) is 5.91 Å². The van der Waals surface area contributed by atoms with E-state index in [1.807, 2.05) is 0 Å². The Balaban J connectivity index is 1.75. The van der Waals surface area contributed by atoms with Gasteiger partial charge in [0.15, 0.2) is 6.10 Å². The van der Waals surface area contributed by atoms with E-state index < -0.39 is 71.9 Å². The number of halogens is 6. The molecule has 1 aliphatic rings. The highest BCUT2D eigenvalue weighted by Crippen LogP contribution is 2.36. The third-order valence-electron chi connectivity index (χ3n) is 6.67. The molecule has 0 bridgehead atoms. The van der Waals surface area contributed by atoms with E-state index in [0.717, 1.165) is 30.3 Å². The van der Waals surface area contributed by atoms with Gasteiger partial charge in [-0.05, 0) is 36.4 Å². The molecule has 1 N–H and O–H groups in total. The van der Waals surface area contributed by atoms with Crippen LogP contribution in [0.2, 0.25) is 5.02 Å². The molecule has 1 fully saturated rings. The summed E-state index contributed by atoms with van der Waals surface area (Å²) in [4.78, 5) is 40.7. The summed E-state index contributed by atoms with van der Waals surface area (Å²) in [5.41, 5.74) is -1.78. The maximum Gasteiger partial charge on any atom is 0.416 e. The van der Waals surface area contributed by atoms with Crippen molar-refractivity contribution in [1.29, 1.82) is 0 Å². The zero-order chi connectivity index (χ0) is 30.1. The lowest BCUT2D eigenvalue weighted by molar-refractivity contribution is -0.216. The molecule has 2 heterocycles. The van der Waals surface area contributed by atoms with Gasteiger partial charge >= 0.3 is 6.18 Å². The first-order chi connectivity index (χ1) is 19.3. The number of anilines is 1. The maximum absolute atomic E-state index is 15.2. The summed E-state index contributed by atoms with van der Waals surface area (Å²) in [5.74, 6) is -5.26. The second-order valence-electron chi connectivity index (χ2n) is 9.13. The van der Waals surface area contributed by atoms with Crippen LogP contribution in [0.1, 0.15) is 21.8 Å². The van der Waals surface area contributed by atoms with Gasteiger partial charge in [0, 0.05) is 54.1 Å². The largest absolute Gasteiger partial charge is 0.497 e. The third-order valence-corrected chi connectivity index (χ3v) is 6.92. The SMILES string of the molecule is COc1cc(F)c([C@@H]2CN(c3cccn(CC(OC)C(F)(F)F)c3=O)C(=O)[C@H]2NC(=O)c2ccc(Cl)cc2)c(F)c1. The second-order valence-corrected chi connectivity index (χ2v) is 9.57. The number of nitrogens with one attached hydrogen (secondary N) is 1.